The van der Waals surface area contributed by atoms with E-state index >= 15 is 0 Å². The van der Waals surface area contributed by atoms with Crippen molar-refractivity contribution in [1.29, 1.82) is 0 Å². The molecule has 2 amide bonds. The Morgan fingerprint density at radius 3 is 2.78 bits per heavy atom. The number of nitrogens with zero attached hydrogens (tertiary/aromatic N) is 4. The second-order valence-corrected chi connectivity index (χ2v) is 7.00. The maximum absolute atomic E-state index is 12.5. The van der Waals surface area contributed by atoms with E-state index in [0.717, 1.165) is 0 Å². The van der Waals surface area contributed by atoms with Crippen LogP contribution in [0.4, 0.5) is 5.95 Å². The molecule has 0 bridgehead atoms. The summed E-state index contributed by atoms with van der Waals surface area (Å²) >= 11 is 6.30. The highest BCUT2D eigenvalue weighted by Crippen LogP contribution is 2.31. The van der Waals surface area contributed by atoms with Crippen molar-refractivity contribution in [2.24, 2.45) is 5.73 Å². The van der Waals surface area contributed by atoms with E-state index in [1.807, 2.05) is 0 Å². The van der Waals surface area contributed by atoms with Gasteiger partial charge in [-0.1, -0.05) is 17.7 Å². The molecule has 0 fully saturated rings. The van der Waals surface area contributed by atoms with Gasteiger partial charge >= 0.3 is 0 Å². The van der Waals surface area contributed by atoms with Gasteiger partial charge in [0, 0.05) is 12.4 Å². The van der Waals surface area contributed by atoms with Crippen LogP contribution >= 0.6 is 11.6 Å². The number of benzene rings is 1. The van der Waals surface area contributed by atoms with E-state index in [4.69, 9.17) is 26.8 Å². The highest BCUT2D eigenvalue weighted by atomic mass is 35.5. The zero-order valence-corrected chi connectivity index (χ0v) is 17.5. The number of rotatable bonds is 7. The maximum atomic E-state index is 12.5. The molecule has 0 spiro atoms. The molecule has 0 saturated carbocycles. The predicted molar refractivity (Wildman–Crippen MR) is 116 cm³/mol. The van der Waals surface area contributed by atoms with E-state index in [1.54, 1.807) is 42.6 Å². The van der Waals surface area contributed by atoms with Gasteiger partial charge in [-0.15, -0.1) is 5.10 Å². The Morgan fingerprint density at radius 2 is 2.03 bits per heavy atom. The highest BCUT2D eigenvalue weighted by molar-refractivity contribution is 6.32. The van der Waals surface area contributed by atoms with Gasteiger partial charge in [-0.3, -0.25) is 14.9 Å². The number of pyridine rings is 2. The molecule has 4 aromatic rings. The molecule has 3 N–H and O–H groups in total. The number of anilines is 1. The monoisotopic (exact) mass is 452 g/mol. The molecule has 11 heteroatoms. The molecule has 162 valence electrons. The average Bonchev–Trinajstić information content (AvgIpc) is 3.18. The van der Waals surface area contributed by atoms with Crippen LogP contribution in [-0.2, 0) is 11.2 Å². The molecule has 0 radical (unpaired) electrons. The number of hydrogen-bond donors (Lipinski definition) is 2. The first kappa shape index (κ1) is 21.1. The van der Waals surface area contributed by atoms with Gasteiger partial charge in [-0.25, -0.2) is 9.50 Å². The van der Waals surface area contributed by atoms with Crippen molar-refractivity contribution in [3.8, 4) is 17.4 Å². The van der Waals surface area contributed by atoms with Gasteiger partial charge in [0.2, 0.25) is 17.7 Å². The van der Waals surface area contributed by atoms with Crippen LogP contribution in [-0.4, -0.2) is 38.5 Å². The quantitative estimate of drug-likeness (QED) is 0.440. The summed E-state index contributed by atoms with van der Waals surface area (Å²) in [5.41, 5.74) is 6.58. The summed E-state index contributed by atoms with van der Waals surface area (Å²) < 4.78 is 12.4. The molecule has 0 aliphatic heterocycles. The topological polar surface area (TPSA) is 134 Å². The number of amides is 2. The SMILES string of the molecule is COc1cccn2nc(NC(=O)Cc3ccc(Oc4ncccc4C(N)=O)c(Cl)c3)nc12. The number of halogens is 1. The van der Waals surface area contributed by atoms with Crippen LogP contribution in [0.1, 0.15) is 15.9 Å². The first-order valence-electron chi connectivity index (χ1n) is 9.35. The molecule has 10 nitrogen and oxygen atoms in total. The molecule has 3 heterocycles. The Hall–Kier alpha value is -4.18. The summed E-state index contributed by atoms with van der Waals surface area (Å²) in [6.07, 6.45) is 3.20. The molecule has 4 rings (SSSR count). The van der Waals surface area contributed by atoms with Gasteiger partial charge in [0.05, 0.1) is 18.6 Å². The maximum Gasteiger partial charge on any atom is 0.254 e. The van der Waals surface area contributed by atoms with E-state index in [9.17, 15) is 9.59 Å². The van der Waals surface area contributed by atoms with Crippen LogP contribution in [0.15, 0.2) is 54.9 Å². The number of nitrogens with two attached hydrogens (primary N) is 1. The number of aromatic nitrogens is 4. The van der Waals surface area contributed by atoms with Crippen LogP contribution in [0.25, 0.3) is 5.65 Å². The summed E-state index contributed by atoms with van der Waals surface area (Å²) in [6, 6.07) is 11.4. The lowest BCUT2D eigenvalue weighted by atomic mass is 10.1. The number of ether oxygens (including phenoxy) is 2. The van der Waals surface area contributed by atoms with E-state index in [-0.39, 0.29) is 40.5 Å². The summed E-state index contributed by atoms with van der Waals surface area (Å²) in [5.74, 6) is 0.00266. The molecule has 0 aliphatic rings. The average molecular weight is 453 g/mol. The number of carbonyl (C=O) groups excluding carboxylic acids is 2. The molecule has 0 atom stereocenters. The van der Waals surface area contributed by atoms with Gasteiger partial charge in [0.15, 0.2) is 11.4 Å². The van der Waals surface area contributed by atoms with E-state index in [2.05, 4.69) is 20.4 Å². The van der Waals surface area contributed by atoms with Crippen LogP contribution < -0.4 is 20.5 Å². The van der Waals surface area contributed by atoms with E-state index < -0.39 is 5.91 Å². The number of nitrogens with one attached hydrogen (secondary N) is 1. The standard InChI is InChI=1S/C21H17ClN6O4/c1-31-16-5-3-9-28-19(16)26-21(27-28)25-17(29)11-12-6-7-15(14(22)10-12)32-20-13(18(23)30)4-2-8-24-20/h2-10H,11H2,1H3,(H2,23,30)(H,25,27,29). The lowest BCUT2D eigenvalue weighted by Crippen LogP contribution is -2.15. The second kappa shape index (κ2) is 8.90. The Morgan fingerprint density at radius 1 is 1.19 bits per heavy atom. The van der Waals surface area contributed by atoms with Gasteiger partial charge in [0.25, 0.3) is 5.91 Å². The normalized spacial score (nSPS) is 10.7. The number of methoxy groups -OCH3 is 1. The van der Waals surface area contributed by atoms with E-state index in [1.165, 1.54) is 23.9 Å². The third kappa shape index (κ3) is 4.44. The summed E-state index contributed by atoms with van der Waals surface area (Å²) in [4.78, 5) is 32.3. The minimum atomic E-state index is -0.671. The Bertz CT molecular complexity index is 1320. The van der Waals surface area contributed by atoms with Gasteiger partial charge in [0.1, 0.15) is 11.3 Å². The van der Waals surface area contributed by atoms with Crippen molar-refractivity contribution >= 4 is 35.0 Å². The molecule has 0 unspecified atom stereocenters. The molecule has 1 aromatic carbocycles. The van der Waals surface area contributed by atoms with Crippen molar-refractivity contribution in [2.75, 3.05) is 12.4 Å². The fraction of sp³-hybridized carbons (Fsp3) is 0.0952. The van der Waals surface area contributed by atoms with Crippen molar-refractivity contribution in [3.63, 3.8) is 0 Å². The second-order valence-electron chi connectivity index (χ2n) is 6.59. The van der Waals surface area contributed by atoms with Crippen LogP contribution in [0.3, 0.4) is 0 Å². The first-order chi connectivity index (χ1) is 15.4. The zero-order valence-electron chi connectivity index (χ0n) is 16.8. The summed E-state index contributed by atoms with van der Waals surface area (Å²) in [7, 11) is 1.53. The third-order valence-corrected chi connectivity index (χ3v) is 4.70. The highest BCUT2D eigenvalue weighted by Gasteiger charge is 2.15. The molecule has 32 heavy (non-hydrogen) atoms. The van der Waals surface area contributed by atoms with Gasteiger partial charge < -0.3 is 15.2 Å². The smallest absolute Gasteiger partial charge is 0.254 e. The zero-order chi connectivity index (χ0) is 22.7. The molecular weight excluding hydrogens is 436 g/mol. The molecular formula is C21H17ClN6O4. The summed E-state index contributed by atoms with van der Waals surface area (Å²) in [5, 5.41) is 7.10. The van der Waals surface area contributed by atoms with Crippen molar-refractivity contribution < 1.29 is 19.1 Å². The largest absolute Gasteiger partial charge is 0.493 e. The van der Waals surface area contributed by atoms with Gasteiger partial charge in [-0.2, -0.15) is 4.98 Å². The Balaban J connectivity index is 1.46. The third-order valence-electron chi connectivity index (χ3n) is 4.40. The van der Waals surface area contributed by atoms with Crippen molar-refractivity contribution in [3.05, 3.63) is 71.0 Å². The van der Waals surface area contributed by atoms with Crippen molar-refractivity contribution in [1.82, 2.24) is 19.6 Å². The molecule has 3 aromatic heterocycles. The van der Waals surface area contributed by atoms with Crippen molar-refractivity contribution in [2.45, 2.75) is 6.42 Å². The minimum absolute atomic E-state index is 0.0306. The van der Waals surface area contributed by atoms with Crippen LogP contribution in [0, 0.1) is 0 Å². The van der Waals surface area contributed by atoms with Crippen LogP contribution in [0.2, 0.25) is 5.02 Å². The summed E-state index contributed by atoms with van der Waals surface area (Å²) in [6.45, 7) is 0. The van der Waals surface area contributed by atoms with E-state index in [0.29, 0.717) is 17.0 Å². The lowest BCUT2D eigenvalue weighted by Gasteiger charge is -2.10. The fourth-order valence-electron chi connectivity index (χ4n) is 2.95. The molecule has 0 saturated heterocycles. The van der Waals surface area contributed by atoms with Crippen LogP contribution in [0.5, 0.6) is 17.4 Å². The predicted octanol–water partition coefficient (Wildman–Crippen LogP) is 2.86. The Labute approximate surface area is 186 Å². The number of primary amides is 1. The number of carbonyl (C=O) groups is 2. The Kier molecular flexibility index (Phi) is 5.86. The minimum Gasteiger partial charge on any atom is -0.493 e. The lowest BCUT2D eigenvalue weighted by molar-refractivity contribution is -0.115. The first-order valence-corrected chi connectivity index (χ1v) is 9.72. The van der Waals surface area contributed by atoms with Gasteiger partial charge in [-0.05, 0) is 42.0 Å². The molecule has 0 aliphatic carbocycles. The number of fused-ring (bicyclic) bond motifs is 1. The number of hydrogen-bond acceptors (Lipinski definition) is 7. The fourth-order valence-corrected chi connectivity index (χ4v) is 3.19.